The molecule has 2 N–H and O–H groups in total. The highest BCUT2D eigenvalue weighted by molar-refractivity contribution is 5.79. The van der Waals surface area contributed by atoms with Gasteiger partial charge in [-0.05, 0) is 13.8 Å². The van der Waals surface area contributed by atoms with E-state index in [9.17, 15) is 5.11 Å². The molecular weight excluding hydrogens is 244 g/mol. The van der Waals surface area contributed by atoms with E-state index in [1.807, 2.05) is 32.8 Å². The van der Waals surface area contributed by atoms with E-state index in [0.717, 1.165) is 38.8 Å². The average molecular weight is 272 g/mol. The summed E-state index contributed by atoms with van der Waals surface area (Å²) in [6.45, 7) is 8.98. The summed E-state index contributed by atoms with van der Waals surface area (Å²) >= 11 is 0. The fraction of sp³-hybridized carbons (Fsp3) is 0.923. The number of rotatable bonds is 5. The number of ether oxygens (including phenoxy) is 1. The molecule has 0 aliphatic carbocycles. The molecule has 1 atom stereocenters. The third kappa shape index (κ3) is 6.22. The van der Waals surface area contributed by atoms with Crippen LogP contribution >= 0.6 is 0 Å². The monoisotopic (exact) mass is 272 g/mol. The molecule has 0 amide bonds. The molecule has 19 heavy (non-hydrogen) atoms. The van der Waals surface area contributed by atoms with Crippen LogP contribution in [0.2, 0.25) is 0 Å². The lowest BCUT2D eigenvalue weighted by atomic mass is 10.1. The van der Waals surface area contributed by atoms with Crippen molar-refractivity contribution in [2.75, 3.05) is 60.0 Å². The van der Waals surface area contributed by atoms with Gasteiger partial charge in [-0.2, -0.15) is 0 Å². The van der Waals surface area contributed by atoms with E-state index in [4.69, 9.17) is 4.74 Å². The van der Waals surface area contributed by atoms with Crippen molar-refractivity contribution in [3.63, 3.8) is 0 Å². The second-order valence-corrected chi connectivity index (χ2v) is 5.45. The lowest BCUT2D eigenvalue weighted by molar-refractivity contribution is -0.0180. The van der Waals surface area contributed by atoms with Gasteiger partial charge in [-0.15, -0.1) is 0 Å². The van der Waals surface area contributed by atoms with Crippen LogP contribution in [0.25, 0.3) is 0 Å². The van der Waals surface area contributed by atoms with Gasteiger partial charge in [0.1, 0.15) is 0 Å². The SMILES string of the molecule is CCNC(=NCC(C)(O)CN1CCOCC1)N(C)C. The molecule has 0 radical (unpaired) electrons. The number of morpholine rings is 1. The fourth-order valence-corrected chi connectivity index (χ4v) is 2.05. The second kappa shape index (κ2) is 7.67. The van der Waals surface area contributed by atoms with Gasteiger partial charge in [0, 0.05) is 40.3 Å². The molecule has 0 bridgehead atoms. The standard InChI is InChI=1S/C13H28N4O2/c1-5-14-12(16(3)4)15-10-13(2,18)11-17-6-8-19-9-7-17/h18H,5-11H2,1-4H3,(H,14,15). The van der Waals surface area contributed by atoms with E-state index in [0.29, 0.717) is 13.1 Å². The lowest BCUT2D eigenvalue weighted by Crippen LogP contribution is -2.48. The molecule has 6 heteroatoms. The van der Waals surface area contributed by atoms with Gasteiger partial charge in [0.15, 0.2) is 5.96 Å². The third-order valence-electron chi connectivity index (χ3n) is 3.00. The zero-order valence-corrected chi connectivity index (χ0v) is 12.6. The molecule has 1 fully saturated rings. The van der Waals surface area contributed by atoms with Gasteiger partial charge < -0.3 is 20.1 Å². The number of hydrogen-bond acceptors (Lipinski definition) is 4. The van der Waals surface area contributed by atoms with Crippen molar-refractivity contribution >= 4 is 5.96 Å². The molecular formula is C13H28N4O2. The Hall–Kier alpha value is -0.850. The molecule has 6 nitrogen and oxygen atoms in total. The Labute approximate surface area is 116 Å². The van der Waals surface area contributed by atoms with Crippen LogP contribution in [0.5, 0.6) is 0 Å². The van der Waals surface area contributed by atoms with Crippen LogP contribution in [0, 0.1) is 0 Å². The number of nitrogens with one attached hydrogen (secondary N) is 1. The molecule has 1 aliphatic rings. The second-order valence-electron chi connectivity index (χ2n) is 5.45. The summed E-state index contributed by atoms with van der Waals surface area (Å²) in [6.07, 6.45) is 0. The van der Waals surface area contributed by atoms with Crippen LogP contribution in [-0.2, 0) is 4.74 Å². The minimum Gasteiger partial charge on any atom is -0.387 e. The van der Waals surface area contributed by atoms with E-state index >= 15 is 0 Å². The van der Waals surface area contributed by atoms with Crippen LogP contribution in [0.15, 0.2) is 4.99 Å². The van der Waals surface area contributed by atoms with E-state index < -0.39 is 5.60 Å². The molecule has 1 aliphatic heterocycles. The van der Waals surface area contributed by atoms with E-state index in [-0.39, 0.29) is 0 Å². The summed E-state index contributed by atoms with van der Waals surface area (Å²) in [4.78, 5) is 8.62. The van der Waals surface area contributed by atoms with Crippen molar-refractivity contribution in [3.05, 3.63) is 0 Å². The quantitative estimate of drug-likeness (QED) is 0.527. The van der Waals surface area contributed by atoms with Gasteiger partial charge in [-0.3, -0.25) is 9.89 Å². The molecule has 0 aromatic carbocycles. The van der Waals surface area contributed by atoms with Crippen LogP contribution in [-0.4, -0.2) is 86.5 Å². The van der Waals surface area contributed by atoms with Crippen LogP contribution in [0.4, 0.5) is 0 Å². The summed E-state index contributed by atoms with van der Waals surface area (Å²) in [7, 11) is 3.89. The van der Waals surface area contributed by atoms with Crippen molar-refractivity contribution in [1.82, 2.24) is 15.1 Å². The Kier molecular flexibility index (Phi) is 6.54. The summed E-state index contributed by atoms with van der Waals surface area (Å²) < 4.78 is 5.31. The third-order valence-corrected chi connectivity index (χ3v) is 3.00. The normalized spacial score (nSPS) is 21.0. The first kappa shape index (κ1) is 16.2. The summed E-state index contributed by atoms with van der Waals surface area (Å²) in [5, 5.41) is 13.6. The maximum absolute atomic E-state index is 10.4. The van der Waals surface area contributed by atoms with Crippen molar-refractivity contribution in [3.8, 4) is 0 Å². The van der Waals surface area contributed by atoms with E-state index in [2.05, 4.69) is 15.2 Å². The zero-order valence-electron chi connectivity index (χ0n) is 12.6. The fourth-order valence-electron chi connectivity index (χ4n) is 2.05. The topological polar surface area (TPSA) is 60.3 Å². The van der Waals surface area contributed by atoms with Gasteiger partial charge in [0.2, 0.25) is 0 Å². The average Bonchev–Trinajstić information content (AvgIpc) is 2.34. The van der Waals surface area contributed by atoms with Crippen LogP contribution in [0.3, 0.4) is 0 Å². The molecule has 1 heterocycles. The smallest absolute Gasteiger partial charge is 0.193 e. The molecule has 1 rings (SSSR count). The molecule has 0 aromatic rings. The van der Waals surface area contributed by atoms with Gasteiger partial charge in [-0.1, -0.05) is 0 Å². The highest BCUT2D eigenvalue weighted by Crippen LogP contribution is 2.09. The molecule has 0 saturated carbocycles. The maximum atomic E-state index is 10.4. The van der Waals surface area contributed by atoms with Gasteiger partial charge >= 0.3 is 0 Å². The summed E-state index contributed by atoms with van der Waals surface area (Å²) in [5.74, 6) is 0.810. The molecule has 0 spiro atoms. The van der Waals surface area contributed by atoms with Gasteiger partial charge in [0.05, 0.1) is 25.4 Å². The maximum Gasteiger partial charge on any atom is 0.193 e. The Bertz CT molecular complexity index is 286. The van der Waals surface area contributed by atoms with Crippen LogP contribution < -0.4 is 5.32 Å². The molecule has 1 saturated heterocycles. The minimum atomic E-state index is -0.811. The van der Waals surface area contributed by atoms with Crippen molar-refractivity contribution in [1.29, 1.82) is 0 Å². The predicted molar refractivity (Wildman–Crippen MR) is 77.5 cm³/mol. The summed E-state index contributed by atoms with van der Waals surface area (Å²) in [6, 6.07) is 0. The predicted octanol–water partition coefficient (Wildman–Crippen LogP) is -0.403. The Balaban J connectivity index is 2.49. The highest BCUT2D eigenvalue weighted by Gasteiger charge is 2.25. The van der Waals surface area contributed by atoms with E-state index in [1.165, 1.54) is 0 Å². The Morgan fingerprint density at radius 1 is 1.42 bits per heavy atom. The highest BCUT2D eigenvalue weighted by atomic mass is 16.5. The van der Waals surface area contributed by atoms with E-state index in [1.54, 1.807) is 0 Å². The molecule has 1 unspecified atom stereocenters. The van der Waals surface area contributed by atoms with Crippen molar-refractivity contribution in [2.45, 2.75) is 19.4 Å². The van der Waals surface area contributed by atoms with Gasteiger partial charge in [-0.25, -0.2) is 0 Å². The first-order chi connectivity index (χ1) is 8.94. The number of hydrogen-bond donors (Lipinski definition) is 2. The van der Waals surface area contributed by atoms with Gasteiger partial charge in [0.25, 0.3) is 0 Å². The Morgan fingerprint density at radius 3 is 2.58 bits per heavy atom. The number of guanidine groups is 1. The first-order valence-corrected chi connectivity index (χ1v) is 6.93. The van der Waals surface area contributed by atoms with Crippen molar-refractivity contribution < 1.29 is 9.84 Å². The Morgan fingerprint density at radius 2 is 2.05 bits per heavy atom. The lowest BCUT2D eigenvalue weighted by Gasteiger charge is -2.33. The number of β-amino-alcohol motifs (C(OH)–C–C–N with tert-alkyl or cyclic N) is 1. The molecule has 0 aromatic heterocycles. The largest absolute Gasteiger partial charge is 0.387 e. The molecule has 112 valence electrons. The minimum absolute atomic E-state index is 0.394. The van der Waals surface area contributed by atoms with Crippen LogP contribution in [0.1, 0.15) is 13.8 Å². The first-order valence-electron chi connectivity index (χ1n) is 6.93. The van der Waals surface area contributed by atoms with Crippen molar-refractivity contribution in [2.24, 2.45) is 4.99 Å². The number of nitrogens with zero attached hydrogens (tertiary/aromatic N) is 3. The number of aliphatic hydroxyl groups is 1. The zero-order chi connectivity index (χ0) is 14.3. The number of aliphatic imine (C=N–C) groups is 1. The summed E-state index contributed by atoms with van der Waals surface area (Å²) in [5.41, 5.74) is -0.811.